The van der Waals surface area contributed by atoms with Gasteiger partial charge in [-0.25, -0.2) is 4.39 Å². The number of halogens is 11. The Balaban J connectivity index is 5.82. The lowest BCUT2D eigenvalue weighted by molar-refractivity contribution is -0.482. The molecule has 0 aromatic rings. The summed E-state index contributed by atoms with van der Waals surface area (Å²) in [7, 11) is -0.899. The Hall–Kier alpha value is -0.973. The van der Waals surface area contributed by atoms with Crippen LogP contribution in [0.15, 0.2) is 11.8 Å². The average molecular weight is 446 g/mol. The fourth-order valence-electron chi connectivity index (χ4n) is 1.46. The molecule has 162 valence electrons. The Kier molecular flexibility index (Phi) is 7.89. The summed E-state index contributed by atoms with van der Waals surface area (Å²) in [5, 5.41) is 0. The highest BCUT2D eigenvalue weighted by Gasteiger charge is 2.78. The van der Waals surface area contributed by atoms with E-state index < -0.39 is 45.5 Å². The highest BCUT2D eigenvalue weighted by Crippen LogP contribution is 2.51. The van der Waals surface area contributed by atoms with Gasteiger partial charge in [0.2, 0.25) is 0 Å². The summed E-state index contributed by atoms with van der Waals surface area (Å²) >= 11 is 0. The van der Waals surface area contributed by atoms with Crippen molar-refractivity contribution in [3.8, 4) is 0 Å². The quantitative estimate of drug-likeness (QED) is 0.389. The first-order valence-corrected chi connectivity index (χ1v) is 8.26. The molecule has 27 heavy (non-hydrogen) atoms. The third kappa shape index (κ3) is 5.52. The van der Waals surface area contributed by atoms with E-state index in [9.17, 15) is 48.3 Å². The maximum Gasteiger partial charge on any atom is 0.528 e. The first kappa shape index (κ1) is 26.0. The van der Waals surface area contributed by atoms with Crippen molar-refractivity contribution in [2.75, 3.05) is 21.3 Å². The highest BCUT2D eigenvalue weighted by molar-refractivity contribution is 6.66. The van der Waals surface area contributed by atoms with Crippen LogP contribution in [0.3, 0.4) is 0 Å². The molecule has 0 N–H and O–H groups in total. The van der Waals surface area contributed by atoms with Crippen LogP contribution in [-0.2, 0) is 18.0 Å². The molecule has 0 aliphatic rings. The third-order valence-corrected chi connectivity index (χ3v) is 5.34. The zero-order valence-electron chi connectivity index (χ0n) is 13.7. The minimum Gasteiger partial charge on any atom is -0.374 e. The maximum absolute atomic E-state index is 13.9. The van der Waals surface area contributed by atoms with Crippen molar-refractivity contribution < 1.29 is 66.3 Å². The van der Waals surface area contributed by atoms with E-state index in [2.05, 4.69) is 18.0 Å². The van der Waals surface area contributed by atoms with Crippen molar-refractivity contribution in [1.82, 2.24) is 0 Å². The molecule has 0 saturated heterocycles. The van der Waals surface area contributed by atoms with Crippen molar-refractivity contribution in [3.63, 3.8) is 0 Å². The van der Waals surface area contributed by atoms with E-state index in [-0.39, 0.29) is 6.08 Å². The summed E-state index contributed by atoms with van der Waals surface area (Å²) in [6.45, 7) is 0. The molecule has 0 saturated carbocycles. The Morgan fingerprint density at radius 3 is 1.41 bits per heavy atom. The molecule has 1 unspecified atom stereocenters. The summed E-state index contributed by atoms with van der Waals surface area (Å²) in [4.78, 5) is 0. The zero-order chi connectivity index (χ0) is 21.9. The van der Waals surface area contributed by atoms with Crippen molar-refractivity contribution >= 4 is 8.80 Å². The Morgan fingerprint density at radius 2 is 1.11 bits per heavy atom. The summed E-state index contributed by atoms with van der Waals surface area (Å²) in [6.07, 6.45) is -22.4. The van der Waals surface area contributed by atoms with Gasteiger partial charge < -0.3 is 13.3 Å². The standard InChI is InChI=1S/C11H13F11O4Si/c1-23-27(24-2,25-3)6-4-5-7(12,9(15,16)17)26-11(21,22)8(13,14)10(18,19)20/h4,6H,5H2,1-3H3/b6-4+. The highest BCUT2D eigenvalue weighted by atomic mass is 28.4. The van der Waals surface area contributed by atoms with Crippen molar-refractivity contribution in [2.24, 2.45) is 0 Å². The van der Waals surface area contributed by atoms with Crippen molar-refractivity contribution in [1.29, 1.82) is 0 Å². The maximum atomic E-state index is 13.9. The van der Waals surface area contributed by atoms with Gasteiger partial charge in [-0.1, -0.05) is 6.08 Å². The van der Waals surface area contributed by atoms with Gasteiger partial charge in [-0.05, 0) is 5.70 Å². The Bertz CT molecular complexity index is 507. The van der Waals surface area contributed by atoms with Crippen molar-refractivity contribution in [2.45, 2.75) is 36.7 Å². The molecule has 1 atom stereocenters. The molecule has 0 aliphatic carbocycles. The van der Waals surface area contributed by atoms with E-state index in [1.807, 2.05) is 0 Å². The van der Waals surface area contributed by atoms with E-state index >= 15 is 0 Å². The normalized spacial score (nSPS) is 17.4. The van der Waals surface area contributed by atoms with Gasteiger partial charge in [0.1, 0.15) is 0 Å². The zero-order valence-corrected chi connectivity index (χ0v) is 14.7. The lowest BCUT2D eigenvalue weighted by Gasteiger charge is -2.34. The van der Waals surface area contributed by atoms with Crippen LogP contribution in [0.1, 0.15) is 6.42 Å². The van der Waals surface area contributed by atoms with Gasteiger partial charge in [-0.2, -0.15) is 43.9 Å². The van der Waals surface area contributed by atoms with Gasteiger partial charge in [0, 0.05) is 27.8 Å². The molecule has 16 heteroatoms. The van der Waals surface area contributed by atoms with Crippen LogP contribution in [0.25, 0.3) is 0 Å². The second kappa shape index (κ2) is 8.18. The van der Waals surface area contributed by atoms with Gasteiger partial charge in [0.05, 0.1) is 0 Å². The predicted molar refractivity (Wildman–Crippen MR) is 67.5 cm³/mol. The fraction of sp³-hybridized carbons (Fsp3) is 0.818. The monoisotopic (exact) mass is 446 g/mol. The first-order chi connectivity index (χ1) is 11.8. The molecule has 0 heterocycles. The van der Waals surface area contributed by atoms with Gasteiger partial charge >= 0.3 is 39.0 Å². The third-order valence-electron chi connectivity index (χ3n) is 2.99. The fourth-order valence-corrected chi connectivity index (χ4v) is 2.77. The number of rotatable bonds is 9. The minimum atomic E-state index is -7.10. The van der Waals surface area contributed by atoms with E-state index in [0.717, 1.165) is 21.3 Å². The average Bonchev–Trinajstić information content (AvgIpc) is 2.49. The predicted octanol–water partition coefficient (Wildman–Crippen LogP) is 4.39. The second-order valence-electron chi connectivity index (χ2n) is 4.74. The molecule has 0 radical (unpaired) electrons. The molecule has 0 aliphatic heterocycles. The topological polar surface area (TPSA) is 36.9 Å². The molecule has 0 amide bonds. The van der Waals surface area contributed by atoms with E-state index in [4.69, 9.17) is 0 Å². The summed E-state index contributed by atoms with van der Waals surface area (Å²) in [6, 6.07) is 0. The summed E-state index contributed by atoms with van der Waals surface area (Å²) in [5.41, 5.74) is 0.552. The van der Waals surface area contributed by atoms with Gasteiger partial charge in [0.15, 0.2) is 0 Å². The van der Waals surface area contributed by atoms with Gasteiger partial charge in [0.25, 0.3) is 0 Å². The van der Waals surface area contributed by atoms with Crippen molar-refractivity contribution in [3.05, 3.63) is 11.8 Å². The second-order valence-corrected chi connectivity index (χ2v) is 7.50. The SMILES string of the molecule is CO[Si](/C=C/CC(F)(OC(F)(F)C(F)(F)C(F)(F)F)C(F)(F)F)(OC)OC. The molecule has 0 bridgehead atoms. The van der Waals surface area contributed by atoms with Crippen LogP contribution in [-0.4, -0.2) is 60.4 Å². The van der Waals surface area contributed by atoms with E-state index in [1.165, 1.54) is 0 Å². The number of alkyl halides is 11. The van der Waals surface area contributed by atoms with Crippen LogP contribution in [0.2, 0.25) is 0 Å². The lowest BCUT2D eigenvalue weighted by atomic mass is 10.2. The number of hydrogen-bond donors (Lipinski definition) is 0. The van der Waals surface area contributed by atoms with Crippen LogP contribution in [0, 0.1) is 0 Å². The number of ether oxygens (including phenoxy) is 1. The van der Waals surface area contributed by atoms with Gasteiger partial charge in [-0.15, -0.1) is 0 Å². The largest absolute Gasteiger partial charge is 0.528 e. The molecular formula is C11H13F11O4Si. The minimum absolute atomic E-state index is 0.137. The van der Waals surface area contributed by atoms with Crippen LogP contribution >= 0.6 is 0 Å². The van der Waals surface area contributed by atoms with Crippen LogP contribution in [0.5, 0.6) is 0 Å². The molecule has 0 fully saturated rings. The first-order valence-electron chi connectivity index (χ1n) is 6.46. The van der Waals surface area contributed by atoms with E-state index in [0.29, 0.717) is 5.70 Å². The summed E-state index contributed by atoms with van der Waals surface area (Å²) in [5.74, 6) is -12.7. The molecular weight excluding hydrogens is 433 g/mol. The van der Waals surface area contributed by atoms with Crippen LogP contribution in [0.4, 0.5) is 48.3 Å². The van der Waals surface area contributed by atoms with Crippen LogP contribution < -0.4 is 0 Å². The molecule has 0 spiro atoms. The van der Waals surface area contributed by atoms with Gasteiger partial charge in [-0.3, -0.25) is 4.74 Å². The smallest absolute Gasteiger partial charge is 0.374 e. The molecule has 0 aromatic heterocycles. The Morgan fingerprint density at radius 1 is 0.704 bits per heavy atom. The Labute approximate surface area is 146 Å². The number of hydrogen-bond acceptors (Lipinski definition) is 4. The molecule has 0 aromatic carbocycles. The molecule has 0 rings (SSSR count). The lowest BCUT2D eigenvalue weighted by Crippen LogP contribution is -2.59. The summed E-state index contributed by atoms with van der Waals surface area (Å²) < 4.78 is 156. The van der Waals surface area contributed by atoms with E-state index in [1.54, 1.807) is 0 Å². The molecule has 4 nitrogen and oxygen atoms in total.